The third-order valence-corrected chi connectivity index (χ3v) is 3.96. The Morgan fingerprint density at radius 3 is 2.10 bits per heavy atom. The second-order valence-electron chi connectivity index (χ2n) is 5.36. The summed E-state index contributed by atoms with van der Waals surface area (Å²) in [6.45, 7) is -2.13. The van der Waals surface area contributed by atoms with Gasteiger partial charge in [0.2, 0.25) is 0 Å². The first-order valence-electron chi connectivity index (χ1n) is 6.19. The number of hydrogen-bond acceptors (Lipinski definition) is 2. The molecule has 0 aliphatic heterocycles. The van der Waals surface area contributed by atoms with E-state index >= 15 is 0 Å². The van der Waals surface area contributed by atoms with Crippen molar-refractivity contribution in [1.29, 1.82) is 0 Å². The number of rotatable bonds is 4. The first-order chi connectivity index (χ1) is 9.04. The Morgan fingerprint density at radius 2 is 1.70 bits per heavy atom. The van der Waals surface area contributed by atoms with Gasteiger partial charge in [0.25, 0.3) is 5.60 Å². The molecule has 2 atom stereocenters. The van der Waals surface area contributed by atoms with Gasteiger partial charge in [0.05, 0.1) is 13.2 Å². The fourth-order valence-electron chi connectivity index (χ4n) is 2.75. The third kappa shape index (κ3) is 2.67. The van der Waals surface area contributed by atoms with Crippen LogP contribution in [0.1, 0.15) is 19.3 Å². The van der Waals surface area contributed by atoms with E-state index in [0.29, 0.717) is 5.92 Å². The fraction of sp³-hybridized carbons (Fsp3) is 0.833. The van der Waals surface area contributed by atoms with Crippen LogP contribution in [0.5, 0.6) is 0 Å². The largest absolute Gasteiger partial charge is 0.428 e. The minimum absolute atomic E-state index is 0.199. The maximum absolute atomic E-state index is 12.4. The quantitative estimate of drug-likeness (QED) is 0.638. The zero-order valence-electron chi connectivity index (χ0n) is 10.4. The molecule has 1 fully saturated rings. The number of allylic oxidation sites excluding steroid dienone is 1. The van der Waals surface area contributed by atoms with Crippen molar-refractivity contribution in [2.24, 2.45) is 11.8 Å². The van der Waals surface area contributed by atoms with E-state index in [2.05, 4.69) is 4.74 Å². The summed E-state index contributed by atoms with van der Waals surface area (Å²) in [4.78, 5) is 0. The standard InChI is InChI=1S/C12H14F6O2/c13-11(14,15)10(19,12(16,17)18)6-20-5-9-4-7-1-2-8(9)3-7/h4,7-8,19H,1-3,5-6H2. The molecule has 0 saturated heterocycles. The predicted molar refractivity (Wildman–Crippen MR) is 56.8 cm³/mol. The molecule has 2 nitrogen and oxygen atoms in total. The Bertz CT molecular complexity index is 384. The van der Waals surface area contributed by atoms with Crippen molar-refractivity contribution in [3.63, 3.8) is 0 Å². The normalized spacial score (nSPS) is 27.1. The fourth-order valence-corrected chi connectivity index (χ4v) is 2.75. The molecule has 20 heavy (non-hydrogen) atoms. The Morgan fingerprint density at radius 1 is 1.10 bits per heavy atom. The van der Waals surface area contributed by atoms with Gasteiger partial charge in [-0.25, -0.2) is 0 Å². The summed E-state index contributed by atoms with van der Waals surface area (Å²) in [5.74, 6) is 0.563. The molecule has 2 aliphatic carbocycles. The maximum atomic E-state index is 12.4. The van der Waals surface area contributed by atoms with Crippen LogP contribution in [-0.2, 0) is 4.74 Å². The molecule has 0 aromatic rings. The van der Waals surface area contributed by atoms with Gasteiger partial charge >= 0.3 is 12.4 Å². The highest BCUT2D eigenvalue weighted by Gasteiger charge is 2.70. The van der Waals surface area contributed by atoms with Crippen molar-refractivity contribution >= 4 is 0 Å². The van der Waals surface area contributed by atoms with Crippen LogP contribution in [0.15, 0.2) is 11.6 Å². The van der Waals surface area contributed by atoms with Crippen LogP contribution < -0.4 is 0 Å². The van der Waals surface area contributed by atoms with Gasteiger partial charge in [-0.05, 0) is 36.7 Å². The lowest BCUT2D eigenvalue weighted by Crippen LogP contribution is -2.60. The minimum Gasteiger partial charge on any atom is -0.373 e. The van der Waals surface area contributed by atoms with E-state index in [0.717, 1.165) is 24.8 Å². The van der Waals surface area contributed by atoms with Crippen LogP contribution in [0.25, 0.3) is 0 Å². The zero-order chi connectivity index (χ0) is 15.2. The van der Waals surface area contributed by atoms with Gasteiger partial charge < -0.3 is 9.84 Å². The van der Waals surface area contributed by atoms with Gasteiger partial charge in [-0.2, -0.15) is 26.3 Å². The van der Waals surface area contributed by atoms with E-state index in [1.165, 1.54) is 0 Å². The smallest absolute Gasteiger partial charge is 0.373 e. The van der Waals surface area contributed by atoms with Gasteiger partial charge in [-0.3, -0.25) is 0 Å². The van der Waals surface area contributed by atoms with Crippen LogP contribution in [0.4, 0.5) is 26.3 Å². The number of hydrogen-bond donors (Lipinski definition) is 1. The molecular formula is C12H14F6O2. The maximum Gasteiger partial charge on any atom is 0.428 e. The Kier molecular flexibility index (Phi) is 3.83. The highest BCUT2D eigenvalue weighted by Crippen LogP contribution is 2.45. The monoisotopic (exact) mass is 304 g/mol. The van der Waals surface area contributed by atoms with E-state index in [4.69, 9.17) is 5.11 Å². The third-order valence-electron chi connectivity index (χ3n) is 3.96. The molecule has 0 heterocycles. The zero-order valence-corrected chi connectivity index (χ0v) is 10.4. The number of ether oxygens (including phenoxy) is 1. The van der Waals surface area contributed by atoms with E-state index in [9.17, 15) is 26.3 Å². The summed E-state index contributed by atoms with van der Waals surface area (Å²) in [6, 6.07) is 0. The van der Waals surface area contributed by atoms with Crippen molar-refractivity contribution < 1.29 is 36.2 Å². The van der Waals surface area contributed by atoms with Crippen LogP contribution in [0.2, 0.25) is 0 Å². The topological polar surface area (TPSA) is 29.5 Å². The summed E-state index contributed by atoms with van der Waals surface area (Å²) in [5.41, 5.74) is -4.08. The molecule has 2 aliphatic rings. The van der Waals surface area contributed by atoms with Crippen molar-refractivity contribution in [2.45, 2.75) is 37.2 Å². The SMILES string of the molecule is OC(COCC1=CC2CCC1C2)(C(F)(F)F)C(F)(F)F. The molecule has 2 unspecified atom stereocenters. The molecule has 0 radical (unpaired) electrons. The van der Waals surface area contributed by atoms with Crippen molar-refractivity contribution in [3.8, 4) is 0 Å². The lowest BCUT2D eigenvalue weighted by atomic mass is 9.99. The summed E-state index contributed by atoms with van der Waals surface area (Å²) in [7, 11) is 0. The summed E-state index contributed by atoms with van der Waals surface area (Å²) in [5, 5.41) is 8.90. The summed E-state index contributed by atoms with van der Waals surface area (Å²) < 4.78 is 78.8. The second-order valence-corrected chi connectivity index (χ2v) is 5.36. The predicted octanol–water partition coefficient (Wildman–Crippen LogP) is 3.22. The minimum atomic E-state index is -5.83. The number of aliphatic hydroxyl groups is 1. The molecule has 0 amide bonds. The van der Waals surface area contributed by atoms with E-state index < -0.39 is 24.6 Å². The van der Waals surface area contributed by atoms with Crippen LogP contribution >= 0.6 is 0 Å². The van der Waals surface area contributed by atoms with Gasteiger partial charge in [0.15, 0.2) is 0 Å². The molecule has 116 valence electrons. The molecule has 2 rings (SSSR count). The van der Waals surface area contributed by atoms with Crippen molar-refractivity contribution in [3.05, 3.63) is 11.6 Å². The highest BCUT2D eigenvalue weighted by atomic mass is 19.4. The van der Waals surface area contributed by atoms with E-state index in [1.807, 2.05) is 6.08 Å². The molecule has 1 N–H and O–H groups in total. The molecule has 0 spiro atoms. The summed E-state index contributed by atoms with van der Waals surface area (Å²) in [6.07, 6.45) is -7.01. The number of alkyl halides is 6. The van der Waals surface area contributed by atoms with Gasteiger partial charge in [-0.1, -0.05) is 6.08 Å². The molecule has 0 aromatic carbocycles. The molecule has 0 aromatic heterocycles. The van der Waals surface area contributed by atoms with Gasteiger partial charge in [0, 0.05) is 0 Å². The van der Waals surface area contributed by atoms with Crippen LogP contribution in [0, 0.1) is 11.8 Å². The number of fused-ring (bicyclic) bond motifs is 2. The Labute approximate surface area is 111 Å². The van der Waals surface area contributed by atoms with Crippen LogP contribution in [0.3, 0.4) is 0 Å². The molecule has 2 bridgehead atoms. The van der Waals surface area contributed by atoms with Crippen LogP contribution in [-0.4, -0.2) is 36.3 Å². The lowest BCUT2D eigenvalue weighted by molar-refractivity contribution is -0.377. The highest BCUT2D eigenvalue weighted by molar-refractivity contribution is 5.19. The van der Waals surface area contributed by atoms with Crippen molar-refractivity contribution in [1.82, 2.24) is 0 Å². The molecule has 1 saturated carbocycles. The van der Waals surface area contributed by atoms with E-state index in [1.54, 1.807) is 0 Å². The van der Waals surface area contributed by atoms with Gasteiger partial charge in [0.1, 0.15) is 0 Å². The molecule has 8 heteroatoms. The Hall–Kier alpha value is -0.760. The number of halogens is 6. The second kappa shape index (κ2) is 4.91. The van der Waals surface area contributed by atoms with E-state index in [-0.39, 0.29) is 12.5 Å². The Balaban J connectivity index is 1.95. The average Bonchev–Trinajstić information content (AvgIpc) is 2.87. The average molecular weight is 304 g/mol. The first-order valence-corrected chi connectivity index (χ1v) is 6.19. The summed E-state index contributed by atoms with van der Waals surface area (Å²) >= 11 is 0. The lowest BCUT2D eigenvalue weighted by Gasteiger charge is -2.32. The van der Waals surface area contributed by atoms with Gasteiger partial charge in [-0.15, -0.1) is 0 Å². The van der Waals surface area contributed by atoms with Crippen molar-refractivity contribution in [2.75, 3.05) is 13.2 Å². The first kappa shape index (κ1) is 15.6. The molecular weight excluding hydrogens is 290 g/mol.